The standard InChI is InChI=1S/C20H19NO4/c1-10(20(24)25-11-5-3-2-4-6-11)21-18(22)16-12-7-8-13(15-9-14(12)15)17(16)19(21)23/h2-8,10,12-17H,9H2,1H3/t10-,12-,13+,14-,15+,16-,17+/m0/s1. The van der Waals surface area contributed by atoms with Crippen molar-refractivity contribution in [2.45, 2.75) is 19.4 Å². The molecule has 2 saturated carbocycles. The van der Waals surface area contributed by atoms with E-state index in [0.29, 0.717) is 17.6 Å². The van der Waals surface area contributed by atoms with Crippen molar-refractivity contribution in [2.75, 3.05) is 0 Å². The summed E-state index contributed by atoms with van der Waals surface area (Å²) in [5.41, 5.74) is 0. The largest absolute Gasteiger partial charge is 0.425 e. The van der Waals surface area contributed by atoms with Gasteiger partial charge in [-0.25, -0.2) is 4.79 Å². The molecular weight excluding hydrogens is 318 g/mol. The van der Waals surface area contributed by atoms with E-state index < -0.39 is 12.0 Å². The van der Waals surface area contributed by atoms with Crippen molar-refractivity contribution >= 4 is 17.8 Å². The van der Waals surface area contributed by atoms with Crippen LogP contribution in [0.2, 0.25) is 0 Å². The van der Waals surface area contributed by atoms with Gasteiger partial charge in [-0.05, 0) is 49.1 Å². The highest BCUT2D eigenvalue weighted by molar-refractivity contribution is 6.08. The smallest absolute Gasteiger partial charge is 0.334 e. The van der Waals surface area contributed by atoms with E-state index in [0.717, 1.165) is 6.42 Å². The van der Waals surface area contributed by atoms with Crippen LogP contribution in [0.5, 0.6) is 5.75 Å². The quantitative estimate of drug-likeness (QED) is 0.366. The van der Waals surface area contributed by atoms with Gasteiger partial charge in [-0.15, -0.1) is 0 Å². The maximum Gasteiger partial charge on any atom is 0.334 e. The first-order chi connectivity index (χ1) is 12.1. The van der Waals surface area contributed by atoms with Crippen molar-refractivity contribution in [3.05, 3.63) is 42.5 Å². The Bertz CT molecular complexity index is 765. The highest BCUT2D eigenvalue weighted by Crippen LogP contribution is 2.65. The van der Waals surface area contributed by atoms with Crippen LogP contribution >= 0.6 is 0 Å². The Hall–Kier alpha value is -2.43. The van der Waals surface area contributed by atoms with Crippen LogP contribution in [-0.2, 0) is 14.4 Å². The number of carbonyl (C=O) groups excluding carboxylic acids is 3. The van der Waals surface area contributed by atoms with Crippen LogP contribution in [0.3, 0.4) is 0 Å². The number of hydrogen-bond acceptors (Lipinski definition) is 4. The molecule has 7 atom stereocenters. The number of para-hydroxylation sites is 1. The molecule has 6 rings (SSSR count). The zero-order valence-corrected chi connectivity index (χ0v) is 13.9. The van der Waals surface area contributed by atoms with Gasteiger partial charge in [0.05, 0.1) is 11.8 Å². The molecule has 2 bridgehead atoms. The third kappa shape index (κ3) is 1.98. The van der Waals surface area contributed by atoms with E-state index in [2.05, 4.69) is 12.2 Å². The van der Waals surface area contributed by atoms with Crippen molar-refractivity contribution in [3.63, 3.8) is 0 Å². The lowest BCUT2D eigenvalue weighted by atomic mass is 9.63. The Morgan fingerprint density at radius 3 is 2.16 bits per heavy atom. The molecule has 1 aromatic rings. The molecule has 5 heteroatoms. The van der Waals surface area contributed by atoms with Crippen LogP contribution in [0.25, 0.3) is 0 Å². The van der Waals surface area contributed by atoms with E-state index in [1.807, 2.05) is 6.07 Å². The maximum absolute atomic E-state index is 13.0. The predicted octanol–water partition coefficient (Wildman–Crippen LogP) is 2.03. The number of amides is 2. The summed E-state index contributed by atoms with van der Waals surface area (Å²) in [7, 11) is 0. The molecule has 0 spiro atoms. The Kier molecular flexibility index (Phi) is 3.00. The fourth-order valence-corrected chi connectivity index (χ4v) is 5.16. The number of allylic oxidation sites excluding steroid dienone is 2. The fraction of sp³-hybridized carbons (Fsp3) is 0.450. The molecule has 1 saturated heterocycles. The minimum atomic E-state index is -0.901. The van der Waals surface area contributed by atoms with E-state index in [1.54, 1.807) is 31.2 Å². The summed E-state index contributed by atoms with van der Waals surface area (Å²) in [6, 6.07) is 7.81. The summed E-state index contributed by atoms with van der Waals surface area (Å²) < 4.78 is 5.34. The Labute approximate surface area is 145 Å². The molecule has 1 aliphatic heterocycles. The number of likely N-dealkylation sites (tertiary alicyclic amines) is 1. The lowest BCUT2D eigenvalue weighted by Gasteiger charge is -2.37. The molecule has 25 heavy (non-hydrogen) atoms. The van der Waals surface area contributed by atoms with Gasteiger partial charge in [0.1, 0.15) is 11.8 Å². The molecule has 0 aromatic heterocycles. The fourth-order valence-electron chi connectivity index (χ4n) is 5.16. The van der Waals surface area contributed by atoms with Crippen LogP contribution < -0.4 is 4.74 Å². The van der Waals surface area contributed by atoms with Crippen LogP contribution in [0.1, 0.15) is 13.3 Å². The van der Waals surface area contributed by atoms with Gasteiger partial charge in [0.2, 0.25) is 11.8 Å². The van der Waals surface area contributed by atoms with Gasteiger partial charge in [-0.3, -0.25) is 14.5 Å². The van der Waals surface area contributed by atoms with Gasteiger partial charge in [0.25, 0.3) is 0 Å². The Morgan fingerprint density at radius 2 is 1.60 bits per heavy atom. The van der Waals surface area contributed by atoms with Gasteiger partial charge in [0, 0.05) is 0 Å². The summed E-state index contributed by atoms with van der Waals surface area (Å²) in [5.74, 6) is 0.332. The number of ether oxygens (including phenoxy) is 1. The average molecular weight is 337 g/mol. The summed E-state index contributed by atoms with van der Waals surface area (Å²) in [6.07, 6.45) is 5.38. The second-order valence-corrected chi connectivity index (χ2v) is 7.61. The number of benzene rings is 1. The number of esters is 1. The topological polar surface area (TPSA) is 63.7 Å². The lowest BCUT2D eigenvalue weighted by molar-refractivity contribution is -0.152. The van der Waals surface area contributed by atoms with Crippen LogP contribution in [0.15, 0.2) is 42.5 Å². The minimum absolute atomic E-state index is 0.166. The molecule has 4 aliphatic carbocycles. The second kappa shape index (κ2) is 5.04. The number of nitrogens with zero attached hydrogens (tertiary/aromatic N) is 1. The molecule has 1 aromatic carbocycles. The predicted molar refractivity (Wildman–Crippen MR) is 88.1 cm³/mol. The zero-order chi connectivity index (χ0) is 17.3. The SMILES string of the molecule is C[C@@H](C(=O)Oc1ccccc1)N1C(=O)[C@@H]2[C@@H]3C=C[C@@H]([C@@H]4C[C@H]34)[C@@H]2C1=O. The van der Waals surface area contributed by atoms with Gasteiger partial charge in [0.15, 0.2) is 0 Å². The third-order valence-electron chi connectivity index (χ3n) is 6.39. The molecule has 5 aliphatic rings. The Morgan fingerprint density at radius 1 is 1.04 bits per heavy atom. The van der Waals surface area contributed by atoms with Crippen molar-refractivity contribution < 1.29 is 19.1 Å². The van der Waals surface area contributed by atoms with Crippen molar-refractivity contribution in [2.24, 2.45) is 35.5 Å². The van der Waals surface area contributed by atoms with Gasteiger partial charge in [-0.1, -0.05) is 30.4 Å². The summed E-state index contributed by atoms with van der Waals surface area (Å²) in [4.78, 5) is 39.6. The normalized spacial score (nSPS) is 38.4. The second-order valence-electron chi connectivity index (χ2n) is 7.61. The first-order valence-corrected chi connectivity index (χ1v) is 8.90. The molecular formula is C20H19NO4. The zero-order valence-electron chi connectivity index (χ0n) is 13.9. The number of imide groups is 1. The van der Waals surface area contributed by atoms with E-state index >= 15 is 0 Å². The molecule has 128 valence electrons. The third-order valence-corrected chi connectivity index (χ3v) is 6.39. The molecule has 3 fully saturated rings. The number of rotatable bonds is 3. The molecule has 2 amide bonds. The first-order valence-electron chi connectivity index (χ1n) is 8.90. The number of carbonyl (C=O) groups is 3. The highest BCUT2D eigenvalue weighted by Gasteiger charge is 2.67. The minimum Gasteiger partial charge on any atom is -0.425 e. The van der Waals surface area contributed by atoms with E-state index in [1.165, 1.54) is 4.90 Å². The van der Waals surface area contributed by atoms with E-state index in [9.17, 15) is 14.4 Å². The molecule has 0 N–H and O–H groups in total. The molecule has 5 nitrogen and oxygen atoms in total. The number of hydrogen-bond donors (Lipinski definition) is 0. The first kappa shape index (κ1) is 14.9. The van der Waals surface area contributed by atoms with Crippen LogP contribution in [0.4, 0.5) is 0 Å². The Balaban J connectivity index is 1.39. The molecule has 1 heterocycles. The summed E-state index contributed by atoms with van der Waals surface area (Å²) in [6.45, 7) is 1.58. The van der Waals surface area contributed by atoms with Gasteiger partial charge >= 0.3 is 5.97 Å². The highest BCUT2D eigenvalue weighted by atomic mass is 16.5. The van der Waals surface area contributed by atoms with Gasteiger partial charge in [-0.2, -0.15) is 0 Å². The van der Waals surface area contributed by atoms with Crippen molar-refractivity contribution in [3.8, 4) is 5.75 Å². The van der Waals surface area contributed by atoms with E-state index in [-0.39, 0.29) is 35.5 Å². The van der Waals surface area contributed by atoms with E-state index in [4.69, 9.17) is 4.74 Å². The van der Waals surface area contributed by atoms with Crippen LogP contribution in [0, 0.1) is 35.5 Å². The van der Waals surface area contributed by atoms with Crippen molar-refractivity contribution in [1.82, 2.24) is 4.90 Å². The molecule has 0 radical (unpaired) electrons. The van der Waals surface area contributed by atoms with Crippen molar-refractivity contribution in [1.29, 1.82) is 0 Å². The maximum atomic E-state index is 13.0. The summed E-state index contributed by atoms with van der Waals surface area (Å²) in [5, 5.41) is 0. The van der Waals surface area contributed by atoms with Crippen LogP contribution in [-0.4, -0.2) is 28.7 Å². The average Bonchev–Trinajstić information content (AvgIpc) is 3.40. The molecule has 0 unspecified atom stereocenters. The van der Waals surface area contributed by atoms with Gasteiger partial charge < -0.3 is 4.74 Å². The lowest BCUT2D eigenvalue weighted by Crippen LogP contribution is -2.45. The summed E-state index contributed by atoms with van der Waals surface area (Å²) >= 11 is 0. The monoisotopic (exact) mass is 337 g/mol.